The molecular formula is C21H19NO4. The Kier molecular flexibility index (Phi) is 5.07. The number of carbonyl (C=O) groups excluding carboxylic acids is 4. The number of carbonyl (C=O) groups is 4. The number of hydrogen-bond donors (Lipinski definition) is 0. The molecule has 1 saturated heterocycles. The highest BCUT2D eigenvalue weighted by Gasteiger charge is 2.47. The lowest BCUT2D eigenvalue weighted by Gasteiger charge is -2.29. The van der Waals surface area contributed by atoms with Gasteiger partial charge in [0.05, 0.1) is 6.42 Å². The van der Waals surface area contributed by atoms with Gasteiger partial charge in [-0.1, -0.05) is 48.5 Å². The Hall–Kier alpha value is -3.08. The van der Waals surface area contributed by atoms with Gasteiger partial charge in [0.15, 0.2) is 17.3 Å². The van der Waals surface area contributed by atoms with Gasteiger partial charge in [0.25, 0.3) is 0 Å². The van der Waals surface area contributed by atoms with E-state index < -0.39 is 17.9 Å². The Morgan fingerprint density at radius 2 is 1.54 bits per heavy atom. The Morgan fingerprint density at radius 1 is 0.962 bits per heavy atom. The van der Waals surface area contributed by atoms with Crippen molar-refractivity contribution in [2.24, 2.45) is 0 Å². The lowest BCUT2D eigenvalue weighted by Crippen LogP contribution is -2.46. The van der Waals surface area contributed by atoms with Crippen LogP contribution in [0.25, 0.3) is 0 Å². The van der Waals surface area contributed by atoms with Crippen molar-refractivity contribution in [1.82, 2.24) is 0 Å². The second-order valence-electron chi connectivity index (χ2n) is 6.41. The fourth-order valence-electron chi connectivity index (χ4n) is 3.36. The van der Waals surface area contributed by atoms with Gasteiger partial charge in [-0.3, -0.25) is 19.2 Å². The molecule has 0 aromatic heterocycles. The minimum atomic E-state index is -1.10. The van der Waals surface area contributed by atoms with Gasteiger partial charge in [0.2, 0.25) is 0 Å². The van der Waals surface area contributed by atoms with Crippen molar-refractivity contribution in [3.8, 4) is 0 Å². The molecule has 2 unspecified atom stereocenters. The van der Waals surface area contributed by atoms with E-state index in [0.717, 1.165) is 0 Å². The highest BCUT2D eigenvalue weighted by atomic mass is 16.2. The molecule has 5 heteroatoms. The van der Waals surface area contributed by atoms with Crippen molar-refractivity contribution in [3.63, 3.8) is 0 Å². The van der Waals surface area contributed by atoms with Gasteiger partial charge < -0.3 is 4.90 Å². The second kappa shape index (κ2) is 7.44. The number of benzene rings is 2. The third-order valence-electron chi connectivity index (χ3n) is 4.46. The van der Waals surface area contributed by atoms with Crippen LogP contribution >= 0.6 is 0 Å². The van der Waals surface area contributed by atoms with Gasteiger partial charge in [0, 0.05) is 17.7 Å². The summed E-state index contributed by atoms with van der Waals surface area (Å²) in [6, 6.07) is 15.8. The van der Waals surface area contributed by atoms with Crippen LogP contribution in [-0.4, -0.2) is 35.2 Å². The minimum absolute atomic E-state index is 0.0447. The molecule has 2 atom stereocenters. The molecule has 132 valence electrons. The second-order valence-corrected chi connectivity index (χ2v) is 6.41. The first-order chi connectivity index (χ1) is 12.5. The number of Topliss-reactive ketones (excluding diaryl/α,β-unsaturated/α-hetero) is 4. The molecule has 0 aliphatic carbocycles. The smallest absolute Gasteiger partial charge is 0.185 e. The van der Waals surface area contributed by atoms with Crippen molar-refractivity contribution in [2.45, 2.75) is 31.8 Å². The van der Waals surface area contributed by atoms with E-state index in [4.69, 9.17) is 0 Å². The van der Waals surface area contributed by atoms with Gasteiger partial charge in [0.1, 0.15) is 17.9 Å². The van der Waals surface area contributed by atoms with E-state index in [1.54, 1.807) is 53.4 Å². The summed E-state index contributed by atoms with van der Waals surface area (Å²) in [5.74, 6) is -1.29. The van der Waals surface area contributed by atoms with Crippen LogP contribution in [0.2, 0.25) is 0 Å². The number of ketones is 4. The highest BCUT2D eigenvalue weighted by molar-refractivity contribution is 6.19. The highest BCUT2D eigenvalue weighted by Crippen LogP contribution is 2.31. The average molecular weight is 349 g/mol. The van der Waals surface area contributed by atoms with E-state index in [9.17, 15) is 19.2 Å². The summed E-state index contributed by atoms with van der Waals surface area (Å²) in [5.41, 5.74) is 1.11. The third-order valence-corrected chi connectivity index (χ3v) is 4.46. The predicted molar refractivity (Wildman–Crippen MR) is 97.2 cm³/mol. The molecule has 0 saturated carbocycles. The van der Waals surface area contributed by atoms with Crippen molar-refractivity contribution in [2.75, 3.05) is 4.90 Å². The van der Waals surface area contributed by atoms with Crippen LogP contribution in [0, 0.1) is 0 Å². The molecule has 0 bridgehead atoms. The molecule has 1 fully saturated rings. The molecule has 0 amide bonds. The maximum Gasteiger partial charge on any atom is 0.185 e. The van der Waals surface area contributed by atoms with Crippen molar-refractivity contribution >= 4 is 28.8 Å². The molecule has 2 aromatic carbocycles. The van der Waals surface area contributed by atoms with Crippen molar-refractivity contribution < 1.29 is 19.2 Å². The van der Waals surface area contributed by atoms with Crippen LogP contribution in [0.4, 0.5) is 5.69 Å². The van der Waals surface area contributed by atoms with Crippen molar-refractivity contribution in [1.29, 1.82) is 0 Å². The fourth-order valence-corrected chi connectivity index (χ4v) is 3.36. The molecule has 3 rings (SSSR count). The van der Waals surface area contributed by atoms with E-state index in [2.05, 4.69) is 0 Å². The monoisotopic (exact) mass is 349 g/mol. The summed E-state index contributed by atoms with van der Waals surface area (Å²) >= 11 is 0. The van der Waals surface area contributed by atoms with Crippen LogP contribution < -0.4 is 4.90 Å². The molecule has 0 radical (unpaired) electrons. The summed E-state index contributed by atoms with van der Waals surface area (Å²) in [7, 11) is 0. The molecule has 1 aliphatic heterocycles. The third kappa shape index (κ3) is 3.47. The zero-order valence-electron chi connectivity index (χ0n) is 14.4. The Bertz CT molecular complexity index is 845. The first kappa shape index (κ1) is 17.7. The Balaban J connectivity index is 2.01. The number of para-hydroxylation sites is 1. The predicted octanol–water partition coefficient (Wildman–Crippen LogP) is 2.63. The summed E-state index contributed by atoms with van der Waals surface area (Å²) in [4.78, 5) is 51.1. The van der Waals surface area contributed by atoms with Crippen LogP contribution in [-0.2, 0) is 14.4 Å². The molecule has 0 N–H and O–H groups in total. The van der Waals surface area contributed by atoms with Crippen LogP contribution in [0.15, 0.2) is 60.7 Å². The van der Waals surface area contributed by atoms with E-state index in [1.165, 1.54) is 6.92 Å². The van der Waals surface area contributed by atoms with E-state index in [-0.39, 0.29) is 30.2 Å². The lowest BCUT2D eigenvalue weighted by molar-refractivity contribution is -0.129. The lowest BCUT2D eigenvalue weighted by atomic mass is 10.0. The quantitative estimate of drug-likeness (QED) is 0.592. The fraction of sp³-hybridized carbons (Fsp3) is 0.238. The molecule has 1 aliphatic rings. The van der Waals surface area contributed by atoms with Crippen molar-refractivity contribution in [3.05, 3.63) is 66.2 Å². The standard InChI is InChI=1S/C21H19NO4/c1-14(23)12-18(24)20-19(25)13-17(21(26)15-8-4-2-5-9-15)22(20)16-10-6-3-7-11-16/h2-11,17,20H,12-13H2,1H3. The van der Waals surface area contributed by atoms with Gasteiger partial charge in [-0.05, 0) is 19.1 Å². The number of hydrogen-bond acceptors (Lipinski definition) is 5. The van der Waals surface area contributed by atoms with Gasteiger partial charge >= 0.3 is 0 Å². The summed E-state index contributed by atoms with van der Waals surface area (Å²) in [6.07, 6.45) is -0.358. The minimum Gasteiger partial charge on any atom is -0.344 e. The molecule has 2 aromatic rings. The molecule has 0 spiro atoms. The topological polar surface area (TPSA) is 71.5 Å². The number of anilines is 1. The molecule has 26 heavy (non-hydrogen) atoms. The average Bonchev–Trinajstić information content (AvgIpc) is 2.99. The van der Waals surface area contributed by atoms with Gasteiger partial charge in [-0.25, -0.2) is 0 Å². The molecular weight excluding hydrogens is 330 g/mol. The van der Waals surface area contributed by atoms with E-state index >= 15 is 0 Å². The largest absolute Gasteiger partial charge is 0.344 e. The van der Waals surface area contributed by atoms with Crippen LogP contribution in [0.3, 0.4) is 0 Å². The zero-order chi connectivity index (χ0) is 18.7. The maximum absolute atomic E-state index is 13.0. The SMILES string of the molecule is CC(=O)CC(=O)C1C(=O)CC(C(=O)c2ccccc2)N1c1ccccc1. The summed E-state index contributed by atoms with van der Waals surface area (Å²) in [6.45, 7) is 1.32. The first-order valence-corrected chi connectivity index (χ1v) is 8.46. The molecule has 1 heterocycles. The summed E-state index contributed by atoms with van der Waals surface area (Å²) < 4.78 is 0. The Labute approximate surface area is 151 Å². The van der Waals surface area contributed by atoms with Gasteiger partial charge in [-0.15, -0.1) is 0 Å². The van der Waals surface area contributed by atoms with Crippen LogP contribution in [0.5, 0.6) is 0 Å². The summed E-state index contributed by atoms with van der Waals surface area (Å²) in [5, 5.41) is 0. The Morgan fingerprint density at radius 3 is 2.12 bits per heavy atom. The van der Waals surface area contributed by atoms with E-state index in [0.29, 0.717) is 11.3 Å². The molecule has 5 nitrogen and oxygen atoms in total. The normalized spacial score (nSPS) is 19.4. The van der Waals surface area contributed by atoms with E-state index in [1.807, 2.05) is 12.1 Å². The first-order valence-electron chi connectivity index (χ1n) is 8.46. The number of nitrogens with zero attached hydrogens (tertiary/aromatic N) is 1. The number of rotatable bonds is 6. The van der Waals surface area contributed by atoms with Crippen LogP contribution in [0.1, 0.15) is 30.1 Å². The zero-order valence-corrected chi connectivity index (χ0v) is 14.4. The maximum atomic E-state index is 13.0. The van der Waals surface area contributed by atoms with Gasteiger partial charge in [-0.2, -0.15) is 0 Å².